The van der Waals surface area contributed by atoms with Crippen molar-refractivity contribution in [3.8, 4) is 0 Å². The fraction of sp³-hybridized carbons (Fsp3) is 1.00. The summed E-state index contributed by atoms with van der Waals surface area (Å²) in [5, 5.41) is 12.8. The summed E-state index contributed by atoms with van der Waals surface area (Å²) in [5.74, 6) is 0. The molecule has 0 bridgehead atoms. The van der Waals surface area contributed by atoms with Gasteiger partial charge >= 0.3 is 0 Å². The molecule has 0 aromatic heterocycles. The largest absolute Gasteiger partial charge is 0.394 e. The lowest BCUT2D eigenvalue weighted by Gasteiger charge is -2.31. The number of rotatable bonds is 13. The van der Waals surface area contributed by atoms with E-state index in [9.17, 15) is 5.11 Å². The smallest absolute Gasteiger partial charge is 0.0701 e. The van der Waals surface area contributed by atoms with Crippen molar-refractivity contribution in [1.29, 1.82) is 0 Å². The van der Waals surface area contributed by atoms with Crippen molar-refractivity contribution in [3.05, 3.63) is 0 Å². The molecule has 0 aliphatic heterocycles. The van der Waals surface area contributed by atoms with Crippen molar-refractivity contribution < 1.29 is 19.3 Å². The van der Waals surface area contributed by atoms with Crippen molar-refractivity contribution in [2.75, 3.05) is 46.8 Å². The molecule has 0 heterocycles. The molecule has 0 radical (unpaired) electrons. The Morgan fingerprint density at radius 2 is 1.63 bits per heavy atom. The van der Waals surface area contributed by atoms with Crippen LogP contribution in [0.4, 0.5) is 0 Å². The first kappa shape index (κ1) is 18.8. The molecule has 0 saturated carbocycles. The highest BCUT2D eigenvalue weighted by atomic mass is 16.5. The Morgan fingerprint density at radius 1 is 1.05 bits per heavy atom. The van der Waals surface area contributed by atoms with E-state index in [1.807, 2.05) is 6.92 Å². The van der Waals surface area contributed by atoms with Crippen LogP contribution in [-0.2, 0) is 14.2 Å². The maximum absolute atomic E-state index is 9.42. The van der Waals surface area contributed by atoms with Gasteiger partial charge in [0.05, 0.1) is 33.0 Å². The highest BCUT2D eigenvalue weighted by molar-refractivity contribution is 4.83. The third kappa shape index (κ3) is 11.3. The van der Waals surface area contributed by atoms with Gasteiger partial charge in [0.2, 0.25) is 0 Å². The second kappa shape index (κ2) is 11.6. The van der Waals surface area contributed by atoms with Crippen LogP contribution in [0.2, 0.25) is 0 Å². The lowest BCUT2D eigenvalue weighted by molar-refractivity contribution is 0.0220. The Bertz CT molecular complexity index is 202. The quantitative estimate of drug-likeness (QED) is 0.495. The zero-order valence-electron chi connectivity index (χ0n) is 12.9. The first-order valence-electron chi connectivity index (χ1n) is 7.07. The Morgan fingerprint density at radius 3 is 2.16 bits per heavy atom. The lowest BCUT2D eigenvalue weighted by atomic mass is 9.96. The molecule has 0 aliphatic carbocycles. The molecular weight excluding hydrogens is 246 g/mol. The van der Waals surface area contributed by atoms with Gasteiger partial charge in [0.15, 0.2) is 0 Å². The van der Waals surface area contributed by atoms with Gasteiger partial charge in [0.25, 0.3) is 0 Å². The van der Waals surface area contributed by atoms with E-state index in [2.05, 4.69) is 19.2 Å². The van der Waals surface area contributed by atoms with E-state index in [0.717, 1.165) is 12.8 Å². The summed E-state index contributed by atoms with van der Waals surface area (Å²) in [6.07, 6.45) is 1.82. The Labute approximate surface area is 117 Å². The van der Waals surface area contributed by atoms with Crippen LogP contribution in [0.5, 0.6) is 0 Å². The first-order chi connectivity index (χ1) is 9.04. The third-order valence-corrected chi connectivity index (χ3v) is 2.81. The number of nitrogens with one attached hydrogen (secondary N) is 1. The number of ether oxygens (including phenoxy) is 3. The van der Waals surface area contributed by atoms with Crippen molar-refractivity contribution in [2.45, 2.75) is 45.2 Å². The minimum Gasteiger partial charge on any atom is -0.394 e. The van der Waals surface area contributed by atoms with E-state index < -0.39 is 0 Å². The van der Waals surface area contributed by atoms with Crippen LogP contribution < -0.4 is 5.32 Å². The predicted molar refractivity (Wildman–Crippen MR) is 76.5 cm³/mol. The molecule has 5 nitrogen and oxygen atoms in total. The number of aliphatic hydroxyl groups is 1. The predicted octanol–water partition coefficient (Wildman–Crippen LogP) is 1.20. The molecule has 1 unspecified atom stereocenters. The molecule has 1 atom stereocenters. The number of aliphatic hydroxyl groups excluding tert-OH is 1. The zero-order chi connectivity index (χ0) is 14.6. The van der Waals surface area contributed by atoms with Crippen molar-refractivity contribution >= 4 is 0 Å². The topological polar surface area (TPSA) is 60.0 Å². The van der Waals surface area contributed by atoms with Crippen LogP contribution in [-0.4, -0.2) is 63.4 Å². The molecule has 2 N–H and O–H groups in total. The van der Waals surface area contributed by atoms with E-state index in [1.54, 1.807) is 7.11 Å². The van der Waals surface area contributed by atoms with E-state index in [4.69, 9.17) is 14.2 Å². The summed E-state index contributed by atoms with van der Waals surface area (Å²) >= 11 is 0. The van der Waals surface area contributed by atoms with Gasteiger partial charge in [0.1, 0.15) is 0 Å². The summed E-state index contributed by atoms with van der Waals surface area (Å²) in [4.78, 5) is 0. The summed E-state index contributed by atoms with van der Waals surface area (Å²) in [6.45, 7) is 9.50. The van der Waals surface area contributed by atoms with Gasteiger partial charge in [-0.15, -0.1) is 0 Å². The van der Waals surface area contributed by atoms with Crippen molar-refractivity contribution in [1.82, 2.24) is 5.32 Å². The Balaban J connectivity index is 3.46. The molecule has 0 amide bonds. The third-order valence-electron chi connectivity index (χ3n) is 2.81. The van der Waals surface area contributed by atoms with Gasteiger partial charge < -0.3 is 24.6 Å². The number of methoxy groups -OCH3 is 1. The maximum atomic E-state index is 9.42. The van der Waals surface area contributed by atoms with Crippen molar-refractivity contribution in [3.63, 3.8) is 0 Å². The van der Waals surface area contributed by atoms with Crippen LogP contribution in [0, 0.1) is 0 Å². The molecule has 116 valence electrons. The molecule has 19 heavy (non-hydrogen) atoms. The van der Waals surface area contributed by atoms with Gasteiger partial charge in [-0.3, -0.25) is 0 Å². The molecule has 0 fully saturated rings. The fourth-order valence-corrected chi connectivity index (χ4v) is 1.92. The second-order valence-corrected chi connectivity index (χ2v) is 5.34. The van der Waals surface area contributed by atoms with Crippen LogP contribution in [0.25, 0.3) is 0 Å². The summed E-state index contributed by atoms with van der Waals surface area (Å²) in [6, 6.07) is 0.368. The first-order valence-corrected chi connectivity index (χ1v) is 7.07. The molecule has 5 heteroatoms. The van der Waals surface area contributed by atoms with Gasteiger partial charge in [-0.1, -0.05) is 13.8 Å². The van der Waals surface area contributed by atoms with E-state index in [1.165, 1.54) is 0 Å². The van der Waals surface area contributed by atoms with Gasteiger partial charge in [0, 0.05) is 25.3 Å². The van der Waals surface area contributed by atoms with Gasteiger partial charge in [-0.2, -0.15) is 0 Å². The minimum absolute atomic E-state index is 0.144. The SMILES string of the molecule is COCCOCCOCCCC(C)(CO)NC(C)C. The van der Waals surface area contributed by atoms with Crippen LogP contribution >= 0.6 is 0 Å². The Hall–Kier alpha value is -0.200. The van der Waals surface area contributed by atoms with Crippen LogP contribution in [0.15, 0.2) is 0 Å². The number of hydrogen-bond donors (Lipinski definition) is 2. The van der Waals surface area contributed by atoms with E-state index in [-0.39, 0.29) is 12.1 Å². The van der Waals surface area contributed by atoms with Gasteiger partial charge in [-0.05, 0) is 19.8 Å². The molecule has 0 aromatic rings. The van der Waals surface area contributed by atoms with Crippen LogP contribution in [0.3, 0.4) is 0 Å². The molecule has 0 aliphatic rings. The lowest BCUT2D eigenvalue weighted by Crippen LogP contribution is -2.49. The molecule has 0 spiro atoms. The highest BCUT2D eigenvalue weighted by Crippen LogP contribution is 2.12. The minimum atomic E-state index is -0.216. The standard InChI is InChI=1S/C14H31NO4/c1-13(2)15-14(3,12-16)6-5-7-18-10-11-19-9-8-17-4/h13,15-16H,5-12H2,1-4H3. The monoisotopic (exact) mass is 277 g/mol. The normalized spacial score (nSPS) is 14.8. The summed E-state index contributed by atoms with van der Waals surface area (Å²) in [5.41, 5.74) is -0.216. The fourth-order valence-electron chi connectivity index (χ4n) is 1.92. The van der Waals surface area contributed by atoms with Crippen LogP contribution in [0.1, 0.15) is 33.6 Å². The Kier molecular flexibility index (Phi) is 11.5. The maximum Gasteiger partial charge on any atom is 0.0701 e. The molecule has 0 rings (SSSR count). The zero-order valence-corrected chi connectivity index (χ0v) is 12.9. The average Bonchev–Trinajstić information content (AvgIpc) is 2.36. The van der Waals surface area contributed by atoms with Crippen molar-refractivity contribution in [2.24, 2.45) is 0 Å². The average molecular weight is 277 g/mol. The molecule has 0 aromatic carbocycles. The second-order valence-electron chi connectivity index (χ2n) is 5.34. The summed E-state index contributed by atoms with van der Waals surface area (Å²) < 4.78 is 15.6. The van der Waals surface area contributed by atoms with E-state index >= 15 is 0 Å². The number of hydrogen-bond acceptors (Lipinski definition) is 5. The molecule has 0 saturated heterocycles. The van der Waals surface area contributed by atoms with E-state index in [0.29, 0.717) is 39.1 Å². The highest BCUT2D eigenvalue weighted by Gasteiger charge is 2.22. The molecular formula is C14H31NO4. The van der Waals surface area contributed by atoms with Gasteiger partial charge in [-0.25, -0.2) is 0 Å². The summed E-state index contributed by atoms with van der Waals surface area (Å²) in [7, 11) is 1.66.